The molecule has 0 aliphatic heterocycles. The molecule has 0 aliphatic carbocycles. The number of carbonyl (C=O) groups is 1. The van der Waals surface area contributed by atoms with Crippen molar-refractivity contribution < 1.29 is 18.3 Å². The molecule has 1 aromatic carbocycles. The van der Waals surface area contributed by atoms with Crippen LogP contribution in [-0.2, 0) is 4.74 Å². The zero-order valence-corrected chi connectivity index (χ0v) is 10.1. The molecular formula is C14H11F2NO2. The summed E-state index contributed by atoms with van der Waals surface area (Å²) in [5.41, 5.74) is 1.42. The van der Waals surface area contributed by atoms with E-state index in [0.717, 1.165) is 0 Å². The van der Waals surface area contributed by atoms with E-state index in [1.54, 1.807) is 24.3 Å². The zero-order valence-electron chi connectivity index (χ0n) is 10.1. The average Bonchev–Trinajstić information content (AvgIpc) is 2.46. The van der Waals surface area contributed by atoms with E-state index in [1.807, 2.05) is 0 Å². The van der Waals surface area contributed by atoms with Gasteiger partial charge in [0.2, 0.25) is 0 Å². The van der Waals surface area contributed by atoms with Crippen molar-refractivity contribution in [2.24, 2.45) is 0 Å². The van der Waals surface area contributed by atoms with E-state index < -0.39 is 12.4 Å². The molecule has 0 spiro atoms. The summed E-state index contributed by atoms with van der Waals surface area (Å²) >= 11 is 0. The molecule has 2 aromatic rings. The number of halogens is 2. The van der Waals surface area contributed by atoms with Crippen LogP contribution >= 0.6 is 0 Å². The number of esters is 1. The van der Waals surface area contributed by atoms with Crippen molar-refractivity contribution >= 4 is 5.97 Å². The SMILES string of the molecule is COC(=O)c1ccc(-c2cc(C(F)F)ccn2)cc1. The summed E-state index contributed by atoms with van der Waals surface area (Å²) < 4.78 is 29.8. The van der Waals surface area contributed by atoms with E-state index >= 15 is 0 Å². The second-order valence-corrected chi connectivity index (χ2v) is 3.84. The van der Waals surface area contributed by atoms with Gasteiger partial charge in [-0.25, -0.2) is 13.6 Å². The number of carbonyl (C=O) groups excluding carboxylic acids is 1. The smallest absolute Gasteiger partial charge is 0.337 e. The van der Waals surface area contributed by atoms with Gasteiger partial charge in [-0.1, -0.05) is 12.1 Å². The van der Waals surface area contributed by atoms with E-state index in [2.05, 4.69) is 9.72 Å². The lowest BCUT2D eigenvalue weighted by Gasteiger charge is -2.05. The van der Waals surface area contributed by atoms with Gasteiger partial charge in [0.15, 0.2) is 0 Å². The van der Waals surface area contributed by atoms with Crippen LogP contribution in [-0.4, -0.2) is 18.1 Å². The summed E-state index contributed by atoms with van der Waals surface area (Å²) in [4.78, 5) is 15.3. The molecule has 0 radical (unpaired) electrons. The summed E-state index contributed by atoms with van der Waals surface area (Å²) in [6, 6.07) is 9.03. The van der Waals surface area contributed by atoms with E-state index in [1.165, 1.54) is 25.4 Å². The predicted octanol–water partition coefficient (Wildman–Crippen LogP) is 3.47. The lowest BCUT2D eigenvalue weighted by Crippen LogP contribution is -2.00. The van der Waals surface area contributed by atoms with Gasteiger partial charge in [0.05, 0.1) is 18.4 Å². The Morgan fingerprint density at radius 1 is 1.21 bits per heavy atom. The standard InChI is InChI=1S/C14H11F2NO2/c1-19-14(18)10-4-2-9(3-5-10)12-8-11(13(15)16)6-7-17-12/h2-8,13H,1H3. The van der Waals surface area contributed by atoms with Crippen LogP contribution in [0, 0.1) is 0 Å². The van der Waals surface area contributed by atoms with Crippen molar-refractivity contribution in [2.45, 2.75) is 6.43 Å². The number of pyridine rings is 1. The largest absolute Gasteiger partial charge is 0.465 e. The van der Waals surface area contributed by atoms with Gasteiger partial charge < -0.3 is 4.74 Å². The molecule has 5 heteroatoms. The summed E-state index contributed by atoms with van der Waals surface area (Å²) in [7, 11) is 1.30. The van der Waals surface area contributed by atoms with Crippen molar-refractivity contribution in [1.29, 1.82) is 0 Å². The van der Waals surface area contributed by atoms with Crippen LogP contribution in [0.2, 0.25) is 0 Å². The molecule has 0 bridgehead atoms. The van der Waals surface area contributed by atoms with Gasteiger partial charge in [-0.3, -0.25) is 4.98 Å². The summed E-state index contributed by atoms with van der Waals surface area (Å²) in [6.07, 6.45) is -1.19. The molecule has 0 unspecified atom stereocenters. The van der Waals surface area contributed by atoms with Crippen LogP contribution < -0.4 is 0 Å². The van der Waals surface area contributed by atoms with Crippen LogP contribution in [0.3, 0.4) is 0 Å². The van der Waals surface area contributed by atoms with Crippen molar-refractivity contribution in [1.82, 2.24) is 4.98 Å². The van der Waals surface area contributed by atoms with Crippen molar-refractivity contribution in [3.63, 3.8) is 0 Å². The molecule has 1 heterocycles. The number of methoxy groups -OCH3 is 1. The van der Waals surface area contributed by atoms with Gasteiger partial charge in [0, 0.05) is 17.3 Å². The van der Waals surface area contributed by atoms with Crippen molar-refractivity contribution in [2.75, 3.05) is 7.11 Å². The van der Waals surface area contributed by atoms with E-state index in [0.29, 0.717) is 16.8 Å². The molecule has 2 rings (SSSR count). The maximum Gasteiger partial charge on any atom is 0.337 e. The topological polar surface area (TPSA) is 39.2 Å². The second kappa shape index (κ2) is 5.56. The van der Waals surface area contributed by atoms with Gasteiger partial charge >= 0.3 is 5.97 Å². The predicted molar refractivity (Wildman–Crippen MR) is 66.0 cm³/mol. The molecule has 0 aliphatic rings. The first-order valence-electron chi connectivity index (χ1n) is 5.54. The van der Waals surface area contributed by atoms with Crippen LogP contribution in [0.1, 0.15) is 22.3 Å². The Kier molecular flexibility index (Phi) is 3.85. The van der Waals surface area contributed by atoms with E-state index in [4.69, 9.17) is 0 Å². The normalized spacial score (nSPS) is 10.5. The first-order chi connectivity index (χ1) is 9.11. The highest BCUT2D eigenvalue weighted by molar-refractivity contribution is 5.89. The van der Waals surface area contributed by atoms with Crippen LogP contribution in [0.5, 0.6) is 0 Å². The Morgan fingerprint density at radius 3 is 2.47 bits per heavy atom. The maximum atomic E-state index is 12.6. The number of ether oxygens (including phenoxy) is 1. The Balaban J connectivity index is 2.32. The highest BCUT2D eigenvalue weighted by Gasteiger charge is 2.10. The second-order valence-electron chi connectivity index (χ2n) is 3.84. The molecule has 0 amide bonds. The Bertz CT molecular complexity index is 582. The van der Waals surface area contributed by atoms with Crippen LogP contribution in [0.15, 0.2) is 42.6 Å². The summed E-state index contributed by atoms with van der Waals surface area (Å²) in [6.45, 7) is 0. The molecule has 0 fully saturated rings. The summed E-state index contributed by atoms with van der Waals surface area (Å²) in [5.74, 6) is -0.444. The number of aromatic nitrogens is 1. The molecule has 98 valence electrons. The monoisotopic (exact) mass is 263 g/mol. The molecule has 0 N–H and O–H groups in total. The lowest BCUT2D eigenvalue weighted by molar-refractivity contribution is 0.0600. The number of alkyl halides is 2. The molecular weight excluding hydrogens is 252 g/mol. The fourth-order valence-corrected chi connectivity index (χ4v) is 1.64. The zero-order chi connectivity index (χ0) is 13.8. The quantitative estimate of drug-likeness (QED) is 0.796. The average molecular weight is 263 g/mol. The van der Waals surface area contributed by atoms with Crippen LogP contribution in [0.4, 0.5) is 8.78 Å². The highest BCUT2D eigenvalue weighted by Crippen LogP contribution is 2.24. The Morgan fingerprint density at radius 2 is 1.89 bits per heavy atom. The number of nitrogens with zero attached hydrogens (tertiary/aromatic N) is 1. The minimum atomic E-state index is -2.53. The van der Waals surface area contributed by atoms with Gasteiger partial charge in [0.25, 0.3) is 6.43 Å². The Hall–Kier alpha value is -2.30. The molecule has 1 aromatic heterocycles. The maximum absolute atomic E-state index is 12.6. The number of hydrogen-bond acceptors (Lipinski definition) is 3. The minimum Gasteiger partial charge on any atom is -0.465 e. The van der Waals surface area contributed by atoms with E-state index in [-0.39, 0.29) is 5.56 Å². The molecule has 3 nitrogen and oxygen atoms in total. The van der Waals surface area contributed by atoms with E-state index in [9.17, 15) is 13.6 Å². The first kappa shape index (κ1) is 13.1. The van der Waals surface area contributed by atoms with Gasteiger partial charge in [-0.2, -0.15) is 0 Å². The minimum absolute atomic E-state index is 0.0814. The lowest BCUT2D eigenvalue weighted by atomic mass is 10.1. The summed E-state index contributed by atoms with van der Waals surface area (Å²) in [5, 5.41) is 0. The third-order valence-electron chi connectivity index (χ3n) is 2.64. The van der Waals surface area contributed by atoms with Crippen molar-refractivity contribution in [3.8, 4) is 11.3 Å². The number of benzene rings is 1. The molecule has 19 heavy (non-hydrogen) atoms. The third kappa shape index (κ3) is 2.93. The van der Waals surface area contributed by atoms with Gasteiger partial charge in [0.1, 0.15) is 0 Å². The molecule has 0 saturated heterocycles. The van der Waals surface area contributed by atoms with Gasteiger partial charge in [-0.15, -0.1) is 0 Å². The molecule has 0 saturated carbocycles. The van der Waals surface area contributed by atoms with Crippen molar-refractivity contribution in [3.05, 3.63) is 53.7 Å². The number of hydrogen-bond donors (Lipinski definition) is 0. The Labute approximate surface area is 108 Å². The van der Waals surface area contributed by atoms with Gasteiger partial charge in [-0.05, 0) is 24.3 Å². The third-order valence-corrected chi connectivity index (χ3v) is 2.64. The molecule has 0 atom stereocenters. The van der Waals surface area contributed by atoms with Crippen LogP contribution in [0.25, 0.3) is 11.3 Å². The fourth-order valence-electron chi connectivity index (χ4n) is 1.64. The highest BCUT2D eigenvalue weighted by atomic mass is 19.3. The number of rotatable bonds is 3. The first-order valence-corrected chi connectivity index (χ1v) is 5.54. The fraction of sp³-hybridized carbons (Fsp3) is 0.143.